The standard InChI is InChI=1S/C23H23FN2O2/c1-4-25-21-11-8-16(14-26-21)12-19-9-10-20(28-3)22(23(19)24)18-7-5-6-17(13-18)15(2)27/h5-11,13-14H,4,12H2,1-3H3,(H,25,26). The van der Waals surface area contributed by atoms with E-state index in [2.05, 4.69) is 10.3 Å². The van der Waals surface area contributed by atoms with Gasteiger partial charge in [0.15, 0.2) is 5.78 Å². The molecule has 0 aliphatic heterocycles. The molecule has 0 saturated heterocycles. The summed E-state index contributed by atoms with van der Waals surface area (Å²) in [5.41, 5.74) is 2.97. The number of anilines is 1. The number of ketones is 1. The van der Waals surface area contributed by atoms with E-state index in [0.29, 0.717) is 34.4 Å². The second-order valence-corrected chi connectivity index (χ2v) is 6.51. The molecule has 0 radical (unpaired) electrons. The number of aromatic nitrogens is 1. The predicted molar refractivity (Wildman–Crippen MR) is 110 cm³/mol. The van der Waals surface area contributed by atoms with Crippen LogP contribution in [0.15, 0.2) is 54.7 Å². The number of hydrogen-bond acceptors (Lipinski definition) is 4. The third-order valence-electron chi connectivity index (χ3n) is 4.54. The molecular formula is C23H23FN2O2. The first-order valence-corrected chi connectivity index (χ1v) is 9.19. The Morgan fingerprint density at radius 1 is 1.18 bits per heavy atom. The van der Waals surface area contributed by atoms with Gasteiger partial charge in [-0.05, 0) is 48.7 Å². The quantitative estimate of drug-likeness (QED) is 0.580. The molecule has 0 unspecified atom stereocenters. The second kappa shape index (κ2) is 8.65. The molecule has 2 aromatic carbocycles. The maximum atomic E-state index is 15.4. The fourth-order valence-corrected chi connectivity index (χ4v) is 3.11. The SMILES string of the molecule is CCNc1ccc(Cc2ccc(OC)c(-c3cccc(C(C)=O)c3)c2F)cn1. The molecule has 0 amide bonds. The molecular weight excluding hydrogens is 355 g/mol. The number of halogens is 1. The van der Waals surface area contributed by atoms with Gasteiger partial charge in [0.1, 0.15) is 17.4 Å². The summed E-state index contributed by atoms with van der Waals surface area (Å²) in [5.74, 6) is 0.811. The average molecular weight is 378 g/mol. The van der Waals surface area contributed by atoms with Crippen LogP contribution in [0.4, 0.5) is 10.2 Å². The number of ether oxygens (including phenoxy) is 1. The Balaban J connectivity index is 1.99. The van der Waals surface area contributed by atoms with Gasteiger partial charge in [-0.25, -0.2) is 9.37 Å². The summed E-state index contributed by atoms with van der Waals surface area (Å²) in [6.07, 6.45) is 2.16. The van der Waals surface area contributed by atoms with Crippen molar-refractivity contribution in [3.8, 4) is 16.9 Å². The molecule has 5 heteroatoms. The van der Waals surface area contributed by atoms with Crippen molar-refractivity contribution in [2.24, 2.45) is 0 Å². The first-order chi connectivity index (χ1) is 13.5. The molecule has 0 spiro atoms. The number of nitrogens with one attached hydrogen (secondary N) is 1. The molecule has 0 aliphatic carbocycles. The minimum atomic E-state index is -0.351. The smallest absolute Gasteiger partial charge is 0.159 e. The van der Waals surface area contributed by atoms with E-state index in [1.165, 1.54) is 14.0 Å². The number of Topliss-reactive ketones (excluding diaryl/α,β-unsaturated/α-hetero) is 1. The average Bonchev–Trinajstić information content (AvgIpc) is 2.71. The van der Waals surface area contributed by atoms with Crippen LogP contribution in [0.5, 0.6) is 5.75 Å². The van der Waals surface area contributed by atoms with Gasteiger partial charge in [0, 0.05) is 24.7 Å². The number of pyridine rings is 1. The maximum absolute atomic E-state index is 15.4. The topological polar surface area (TPSA) is 51.2 Å². The highest BCUT2D eigenvalue weighted by Crippen LogP contribution is 2.35. The van der Waals surface area contributed by atoms with Crippen molar-refractivity contribution in [2.45, 2.75) is 20.3 Å². The predicted octanol–water partition coefficient (Wildman–Crippen LogP) is 5.12. The zero-order valence-electron chi connectivity index (χ0n) is 16.3. The maximum Gasteiger partial charge on any atom is 0.159 e. The molecule has 0 atom stereocenters. The van der Waals surface area contributed by atoms with Crippen LogP contribution in [0.3, 0.4) is 0 Å². The van der Waals surface area contributed by atoms with Gasteiger partial charge >= 0.3 is 0 Å². The molecule has 1 heterocycles. The summed E-state index contributed by atoms with van der Waals surface area (Å²) in [6, 6.07) is 14.3. The minimum absolute atomic E-state index is 0.0655. The highest BCUT2D eigenvalue weighted by atomic mass is 19.1. The molecule has 0 bridgehead atoms. The van der Waals surface area contributed by atoms with E-state index >= 15 is 4.39 Å². The van der Waals surface area contributed by atoms with E-state index in [4.69, 9.17) is 4.74 Å². The number of nitrogens with zero attached hydrogens (tertiary/aromatic N) is 1. The first-order valence-electron chi connectivity index (χ1n) is 9.19. The number of hydrogen-bond donors (Lipinski definition) is 1. The zero-order valence-corrected chi connectivity index (χ0v) is 16.3. The Labute approximate surface area is 164 Å². The van der Waals surface area contributed by atoms with Crippen LogP contribution in [-0.4, -0.2) is 24.4 Å². The zero-order chi connectivity index (χ0) is 20.1. The van der Waals surface area contributed by atoms with Gasteiger partial charge in [0.25, 0.3) is 0 Å². The molecule has 4 nitrogen and oxygen atoms in total. The Morgan fingerprint density at radius 2 is 2.00 bits per heavy atom. The van der Waals surface area contributed by atoms with Crippen LogP contribution in [-0.2, 0) is 6.42 Å². The van der Waals surface area contributed by atoms with Gasteiger partial charge in [-0.3, -0.25) is 4.79 Å². The fraction of sp³-hybridized carbons (Fsp3) is 0.217. The second-order valence-electron chi connectivity index (χ2n) is 6.51. The fourth-order valence-electron chi connectivity index (χ4n) is 3.11. The molecule has 144 valence electrons. The molecule has 3 aromatic rings. The number of methoxy groups -OCH3 is 1. The van der Waals surface area contributed by atoms with E-state index in [1.54, 1.807) is 42.6 Å². The van der Waals surface area contributed by atoms with Crippen LogP contribution in [0.2, 0.25) is 0 Å². The van der Waals surface area contributed by atoms with E-state index in [-0.39, 0.29) is 11.6 Å². The molecule has 28 heavy (non-hydrogen) atoms. The molecule has 3 rings (SSSR count). The van der Waals surface area contributed by atoms with Crippen molar-refractivity contribution in [3.05, 3.63) is 77.2 Å². The van der Waals surface area contributed by atoms with Crippen molar-refractivity contribution in [1.82, 2.24) is 4.98 Å². The summed E-state index contributed by atoms with van der Waals surface area (Å²) < 4.78 is 20.8. The minimum Gasteiger partial charge on any atom is -0.496 e. The van der Waals surface area contributed by atoms with Crippen LogP contribution >= 0.6 is 0 Å². The Bertz CT molecular complexity index is 984. The lowest BCUT2D eigenvalue weighted by Gasteiger charge is -2.14. The van der Waals surface area contributed by atoms with E-state index < -0.39 is 0 Å². The van der Waals surface area contributed by atoms with Gasteiger partial charge in [0.05, 0.1) is 12.7 Å². The molecule has 1 N–H and O–H groups in total. The van der Waals surface area contributed by atoms with E-state index in [9.17, 15) is 4.79 Å². The number of carbonyl (C=O) groups excluding carboxylic acids is 1. The monoisotopic (exact) mass is 378 g/mol. The van der Waals surface area contributed by atoms with Gasteiger partial charge in [-0.2, -0.15) is 0 Å². The molecule has 0 saturated carbocycles. The van der Waals surface area contributed by atoms with E-state index in [1.807, 2.05) is 19.1 Å². The Kier molecular flexibility index (Phi) is 6.04. The van der Waals surface area contributed by atoms with Gasteiger partial charge < -0.3 is 10.1 Å². The summed E-state index contributed by atoms with van der Waals surface area (Å²) in [5, 5.41) is 3.14. The van der Waals surface area contributed by atoms with Crippen molar-refractivity contribution in [1.29, 1.82) is 0 Å². The van der Waals surface area contributed by atoms with Crippen LogP contribution < -0.4 is 10.1 Å². The van der Waals surface area contributed by atoms with E-state index in [0.717, 1.165) is 17.9 Å². The van der Waals surface area contributed by atoms with Crippen molar-refractivity contribution >= 4 is 11.6 Å². The van der Waals surface area contributed by atoms with Crippen LogP contribution in [0.1, 0.15) is 35.3 Å². The summed E-state index contributed by atoms with van der Waals surface area (Å²) in [6.45, 7) is 4.29. The first kappa shape index (κ1) is 19.5. The lowest BCUT2D eigenvalue weighted by molar-refractivity contribution is 0.101. The Hall–Kier alpha value is -3.21. The number of carbonyl (C=O) groups is 1. The molecule has 0 aliphatic rings. The highest BCUT2D eigenvalue weighted by Gasteiger charge is 2.17. The lowest BCUT2D eigenvalue weighted by atomic mass is 9.96. The number of benzene rings is 2. The lowest BCUT2D eigenvalue weighted by Crippen LogP contribution is -2.01. The normalized spacial score (nSPS) is 10.6. The molecule has 0 fully saturated rings. The van der Waals surface area contributed by atoms with Crippen molar-refractivity contribution < 1.29 is 13.9 Å². The van der Waals surface area contributed by atoms with Gasteiger partial charge in [-0.15, -0.1) is 0 Å². The third-order valence-corrected chi connectivity index (χ3v) is 4.54. The largest absolute Gasteiger partial charge is 0.496 e. The molecule has 1 aromatic heterocycles. The van der Waals surface area contributed by atoms with Crippen molar-refractivity contribution in [2.75, 3.05) is 19.0 Å². The summed E-state index contributed by atoms with van der Waals surface area (Å²) in [7, 11) is 1.51. The van der Waals surface area contributed by atoms with Crippen molar-refractivity contribution in [3.63, 3.8) is 0 Å². The van der Waals surface area contributed by atoms with Gasteiger partial charge in [-0.1, -0.05) is 30.3 Å². The van der Waals surface area contributed by atoms with Crippen LogP contribution in [0.25, 0.3) is 11.1 Å². The summed E-state index contributed by atoms with van der Waals surface area (Å²) in [4.78, 5) is 16.1. The van der Waals surface area contributed by atoms with Gasteiger partial charge in [0.2, 0.25) is 0 Å². The third kappa shape index (κ3) is 4.19. The van der Waals surface area contributed by atoms with Crippen LogP contribution in [0, 0.1) is 5.82 Å². The highest BCUT2D eigenvalue weighted by molar-refractivity contribution is 5.95. The number of rotatable bonds is 7. The summed E-state index contributed by atoms with van der Waals surface area (Å²) >= 11 is 0. The Morgan fingerprint density at radius 3 is 2.64 bits per heavy atom.